The fourth-order valence-electron chi connectivity index (χ4n) is 1.43. The van der Waals surface area contributed by atoms with Crippen LogP contribution in [0.15, 0.2) is 35.4 Å². The Morgan fingerprint density at radius 3 is 2.50 bits per heavy atom. The van der Waals surface area contributed by atoms with Crippen LogP contribution in [0.3, 0.4) is 0 Å². The molecular weight excluding hydrogens is 286 g/mol. The number of hydrazone groups is 1. The molecule has 7 nitrogen and oxygen atoms in total. The van der Waals surface area contributed by atoms with E-state index >= 15 is 0 Å². The van der Waals surface area contributed by atoms with E-state index in [0.29, 0.717) is 0 Å². The molecule has 0 spiro atoms. The van der Waals surface area contributed by atoms with Gasteiger partial charge in [-0.3, -0.25) is 4.79 Å². The average molecular weight is 307 g/mol. The van der Waals surface area contributed by atoms with Crippen LogP contribution in [0.5, 0.6) is 0 Å². The van der Waals surface area contributed by atoms with Gasteiger partial charge in [0.2, 0.25) is 0 Å². The Hall–Kier alpha value is -2.41. The summed E-state index contributed by atoms with van der Waals surface area (Å²) in [6.07, 6.45) is 0.675. The number of benzene rings is 1. The number of carbonyl (C=O) groups excluding carboxylic acids is 2. The lowest BCUT2D eigenvalue weighted by atomic mass is 10.2. The second-order valence-electron chi connectivity index (χ2n) is 5.53. The quantitative estimate of drug-likeness (QED) is 0.558. The first-order chi connectivity index (χ1) is 10.3. The van der Waals surface area contributed by atoms with Crippen molar-refractivity contribution in [3.05, 3.63) is 35.9 Å². The van der Waals surface area contributed by atoms with E-state index in [1.807, 2.05) is 30.3 Å². The number of nitrogens with one attached hydrogen (secondary N) is 2. The van der Waals surface area contributed by atoms with Crippen molar-refractivity contribution in [3.8, 4) is 0 Å². The van der Waals surface area contributed by atoms with Crippen molar-refractivity contribution in [3.63, 3.8) is 0 Å². The maximum atomic E-state index is 11.8. The van der Waals surface area contributed by atoms with Crippen LogP contribution in [0.2, 0.25) is 0 Å². The summed E-state index contributed by atoms with van der Waals surface area (Å²) < 4.78 is 5.01. The van der Waals surface area contributed by atoms with Crippen LogP contribution < -0.4 is 10.7 Å². The zero-order valence-corrected chi connectivity index (χ0v) is 12.9. The van der Waals surface area contributed by atoms with Crippen LogP contribution in [0.25, 0.3) is 0 Å². The van der Waals surface area contributed by atoms with Crippen LogP contribution in [0.1, 0.15) is 26.3 Å². The zero-order chi connectivity index (χ0) is 16.6. The highest BCUT2D eigenvalue weighted by Crippen LogP contribution is 2.06. The third-order valence-corrected chi connectivity index (χ3v) is 2.38. The molecule has 22 heavy (non-hydrogen) atoms. The molecule has 0 unspecified atom stereocenters. The molecule has 0 aromatic heterocycles. The van der Waals surface area contributed by atoms with Crippen molar-refractivity contribution >= 4 is 18.2 Å². The van der Waals surface area contributed by atoms with E-state index in [0.717, 1.165) is 5.56 Å². The lowest BCUT2D eigenvalue weighted by Crippen LogP contribution is -2.49. The van der Waals surface area contributed by atoms with Gasteiger partial charge in [0.25, 0.3) is 5.91 Å². The molecule has 0 aliphatic rings. The Bertz CT molecular complexity index is 523. The van der Waals surface area contributed by atoms with Gasteiger partial charge in [-0.05, 0) is 26.3 Å². The number of rotatable bonds is 5. The molecule has 1 aromatic rings. The van der Waals surface area contributed by atoms with Crippen LogP contribution in [-0.2, 0) is 9.53 Å². The second kappa shape index (κ2) is 8.14. The number of nitrogens with zero attached hydrogens (tertiary/aromatic N) is 1. The van der Waals surface area contributed by atoms with Crippen LogP contribution in [0, 0.1) is 0 Å². The molecule has 0 bridgehead atoms. The van der Waals surface area contributed by atoms with E-state index in [1.165, 1.54) is 6.21 Å². The third kappa shape index (κ3) is 6.85. The van der Waals surface area contributed by atoms with E-state index in [1.54, 1.807) is 20.8 Å². The Labute approximate surface area is 129 Å². The Morgan fingerprint density at radius 2 is 1.95 bits per heavy atom. The summed E-state index contributed by atoms with van der Waals surface area (Å²) in [6, 6.07) is 8.04. The van der Waals surface area contributed by atoms with Gasteiger partial charge in [-0.2, -0.15) is 5.10 Å². The van der Waals surface area contributed by atoms with Gasteiger partial charge in [0.1, 0.15) is 11.6 Å². The van der Waals surface area contributed by atoms with E-state index in [2.05, 4.69) is 15.8 Å². The molecule has 0 radical (unpaired) electrons. The Balaban J connectivity index is 2.51. The predicted octanol–water partition coefficient (Wildman–Crippen LogP) is 1.02. The number of hydrogen-bond donors (Lipinski definition) is 3. The highest BCUT2D eigenvalue weighted by atomic mass is 16.6. The normalized spacial score (nSPS) is 12.7. The molecule has 0 saturated heterocycles. The fraction of sp³-hybridized carbons (Fsp3) is 0.400. The summed E-state index contributed by atoms with van der Waals surface area (Å²) in [4.78, 5) is 23.4. The molecule has 3 N–H and O–H groups in total. The van der Waals surface area contributed by atoms with Crippen molar-refractivity contribution in [1.29, 1.82) is 0 Å². The average Bonchev–Trinajstić information content (AvgIpc) is 2.44. The third-order valence-electron chi connectivity index (χ3n) is 2.38. The number of hydrogen-bond acceptors (Lipinski definition) is 5. The SMILES string of the molecule is CC(C)(C)OC(=O)N[C@@H](CO)C(=O)N/N=C/c1ccccc1. The minimum absolute atomic E-state index is 0.564. The maximum absolute atomic E-state index is 11.8. The topological polar surface area (TPSA) is 100 Å². The first-order valence-electron chi connectivity index (χ1n) is 6.80. The van der Waals surface area contributed by atoms with Crippen molar-refractivity contribution in [2.45, 2.75) is 32.4 Å². The molecule has 120 valence electrons. The van der Waals surface area contributed by atoms with E-state index < -0.39 is 30.3 Å². The smallest absolute Gasteiger partial charge is 0.408 e. The molecule has 0 aliphatic carbocycles. The largest absolute Gasteiger partial charge is 0.444 e. The van der Waals surface area contributed by atoms with Crippen molar-refractivity contribution in [2.75, 3.05) is 6.61 Å². The highest BCUT2D eigenvalue weighted by Gasteiger charge is 2.23. The first-order valence-corrected chi connectivity index (χ1v) is 6.80. The van der Waals surface area contributed by atoms with Crippen molar-refractivity contribution < 1.29 is 19.4 Å². The van der Waals surface area contributed by atoms with Crippen LogP contribution >= 0.6 is 0 Å². The van der Waals surface area contributed by atoms with E-state index in [4.69, 9.17) is 4.74 Å². The second-order valence-corrected chi connectivity index (χ2v) is 5.53. The van der Waals surface area contributed by atoms with Crippen molar-refractivity contribution in [1.82, 2.24) is 10.7 Å². The summed E-state index contributed by atoms with van der Waals surface area (Å²) in [5.41, 5.74) is 2.37. The molecule has 0 heterocycles. The number of aliphatic hydroxyl groups excluding tert-OH is 1. The fourth-order valence-corrected chi connectivity index (χ4v) is 1.43. The van der Waals surface area contributed by atoms with Gasteiger partial charge >= 0.3 is 6.09 Å². The lowest BCUT2D eigenvalue weighted by Gasteiger charge is -2.21. The Morgan fingerprint density at radius 1 is 1.32 bits per heavy atom. The number of carbonyl (C=O) groups is 2. The standard InChI is InChI=1S/C15H21N3O4/c1-15(2,3)22-14(21)17-12(10-19)13(20)18-16-9-11-7-5-4-6-8-11/h4-9,12,19H,10H2,1-3H3,(H,17,21)(H,18,20)/b16-9+/t12-/m0/s1. The highest BCUT2D eigenvalue weighted by molar-refractivity contribution is 5.87. The minimum atomic E-state index is -1.14. The first kappa shape index (κ1) is 17.6. The molecule has 1 aromatic carbocycles. The summed E-state index contributed by atoms with van der Waals surface area (Å²) in [7, 11) is 0. The molecular formula is C15H21N3O4. The molecule has 1 atom stereocenters. The minimum Gasteiger partial charge on any atom is -0.444 e. The Kier molecular flexibility index (Phi) is 6.52. The summed E-state index contributed by atoms with van der Waals surface area (Å²) in [6.45, 7) is 4.53. The number of ether oxygens (including phenoxy) is 1. The van der Waals surface area contributed by atoms with Crippen LogP contribution in [-0.4, -0.2) is 41.6 Å². The number of amides is 2. The number of alkyl carbamates (subject to hydrolysis) is 1. The predicted molar refractivity (Wildman–Crippen MR) is 82.4 cm³/mol. The molecule has 1 rings (SSSR count). The maximum Gasteiger partial charge on any atom is 0.408 e. The molecule has 7 heteroatoms. The van der Waals surface area contributed by atoms with Gasteiger partial charge in [-0.15, -0.1) is 0 Å². The summed E-state index contributed by atoms with van der Waals surface area (Å²) >= 11 is 0. The molecule has 0 fully saturated rings. The summed E-state index contributed by atoms with van der Waals surface area (Å²) in [5, 5.41) is 15.2. The molecule has 0 saturated carbocycles. The van der Waals surface area contributed by atoms with Crippen molar-refractivity contribution in [2.24, 2.45) is 5.10 Å². The van der Waals surface area contributed by atoms with Gasteiger partial charge in [0.15, 0.2) is 0 Å². The van der Waals surface area contributed by atoms with E-state index in [9.17, 15) is 14.7 Å². The molecule has 2 amide bonds. The van der Waals surface area contributed by atoms with Gasteiger partial charge in [0, 0.05) is 0 Å². The van der Waals surface area contributed by atoms with E-state index in [-0.39, 0.29) is 0 Å². The zero-order valence-electron chi connectivity index (χ0n) is 12.9. The monoisotopic (exact) mass is 307 g/mol. The van der Waals surface area contributed by atoms with Crippen LogP contribution in [0.4, 0.5) is 4.79 Å². The molecule has 0 aliphatic heterocycles. The summed E-state index contributed by atoms with van der Waals surface area (Å²) in [5.74, 6) is -0.638. The lowest BCUT2D eigenvalue weighted by molar-refractivity contribution is -0.124. The van der Waals surface area contributed by atoms with Gasteiger partial charge in [-0.25, -0.2) is 10.2 Å². The van der Waals surface area contributed by atoms with Gasteiger partial charge in [-0.1, -0.05) is 30.3 Å². The number of aliphatic hydroxyl groups is 1. The van der Waals surface area contributed by atoms with Gasteiger partial charge in [0.05, 0.1) is 12.8 Å². The van der Waals surface area contributed by atoms with Gasteiger partial charge < -0.3 is 15.2 Å².